The van der Waals surface area contributed by atoms with Gasteiger partial charge in [0.1, 0.15) is 11.6 Å². The molecule has 0 amide bonds. The van der Waals surface area contributed by atoms with Crippen LogP contribution in [-0.4, -0.2) is 24.8 Å². The normalized spacial score (nSPS) is 11.2. The summed E-state index contributed by atoms with van der Waals surface area (Å²) in [5, 5.41) is 0. The number of ether oxygens (including phenoxy) is 1. The summed E-state index contributed by atoms with van der Waals surface area (Å²) in [6, 6.07) is 0. The van der Waals surface area contributed by atoms with Gasteiger partial charge in [0.2, 0.25) is 0 Å². The van der Waals surface area contributed by atoms with Crippen molar-refractivity contribution in [1.29, 1.82) is 0 Å². The first-order chi connectivity index (χ1) is 8.43. The van der Waals surface area contributed by atoms with E-state index in [1.54, 1.807) is 0 Å². The van der Waals surface area contributed by atoms with Crippen LogP contribution in [0.15, 0.2) is 0 Å². The van der Waals surface area contributed by atoms with E-state index < -0.39 is 0 Å². The van der Waals surface area contributed by atoms with E-state index >= 15 is 0 Å². The van der Waals surface area contributed by atoms with E-state index in [1.807, 2.05) is 13.8 Å². The molecule has 0 N–H and O–H groups in total. The zero-order valence-electron chi connectivity index (χ0n) is 12.3. The van der Waals surface area contributed by atoms with Crippen LogP contribution in [0.5, 0.6) is 0 Å². The summed E-state index contributed by atoms with van der Waals surface area (Å²) in [7, 11) is 0. The van der Waals surface area contributed by atoms with Crippen molar-refractivity contribution < 1.29 is 14.3 Å². The zero-order valence-corrected chi connectivity index (χ0v) is 12.3. The van der Waals surface area contributed by atoms with E-state index in [2.05, 4.69) is 13.8 Å². The Kier molecular flexibility index (Phi) is 9.85. The number of rotatable bonds is 11. The maximum atomic E-state index is 11.4. The van der Waals surface area contributed by atoms with Crippen molar-refractivity contribution in [2.45, 2.75) is 59.8 Å². The molecule has 0 aromatic carbocycles. The highest BCUT2D eigenvalue weighted by Gasteiger charge is 2.06. The van der Waals surface area contributed by atoms with Crippen LogP contribution in [0.4, 0.5) is 0 Å². The summed E-state index contributed by atoms with van der Waals surface area (Å²) in [6.45, 7) is 9.20. The largest absolute Gasteiger partial charge is 0.381 e. The molecule has 0 unspecified atom stereocenters. The highest BCUT2D eigenvalue weighted by atomic mass is 16.5. The Morgan fingerprint density at radius 3 is 2.00 bits per heavy atom. The van der Waals surface area contributed by atoms with Crippen LogP contribution in [0, 0.1) is 11.8 Å². The molecule has 3 heteroatoms. The van der Waals surface area contributed by atoms with Gasteiger partial charge < -0.3 is 4.74 Å². The molecule has 3 nitrogen and oxygen atoms in total. The number of ketones is 2. The standard InChI is InChI=1S/C15H28O3/c1-12(2)11-14(16)7-5-9-18-10-6-8-15(17)13(3)4/h12-13H,5-11H2,1-4H3. The lowest BCUT2D eigenvalue weighted by Gasteiger charge is -2.06. The highest BCUT2D eigenvalue weighted by Crippen LogP contribution is 2.05. The lowest BCUT2D eigenvalue weighted by molar-refractivity contribution is -0.122. The average Bonchev–Trinajstić information content (AvgIpc) is 2.26. The summed E-state index contributed by atoms with van der Waals surface area (Å²) in [5.41, 5.74) is 0. The summed E-state index contributed by atoms with van der Waals surface area (Å²) in [6.07, 6.45) is 3.47. The van der Waals surface area contributed by atoms with E-state index in [0.717, 1.165) is 12.8 Å². The molecular formula is C15H28O3. The fourth-order valence-corrected chi connectivity index (χ4v) is 1.67. The van der Waals surface area contributed by atoms with Gasteiger partial charge in [0.15, 0.2) is 0 Å². The van der Waals surface area contributed by atoms with E-state index in [0.29, 0.717) is 50.0 Å². The Balaban J connectivity index is 3.31. The summed E-state index contributed by atoms with van der Waals surface area (Å²) in [4.78, 5) is 22.7. The van der Waals surface area contributed by atoms with Crippen LogP contribution in [0.1, 0.15) is 59.8 Å². The summed E-state index contributed by atoms with van der Waals surface area (Å²) in [5.74, 6) is 1.19. The van der Waals surface area contributed by atoms with Crippen molar-refractivity contribution in [1.82, 2.24) is 0 Å². The minimum atomic E-state index is 0.124. The van der Waals surface area contributed by atoms with Crippen LogP contribution < -0.4 is 0 Å². The first-order valence-corrected chi connectivity index (χ1v) is 7.05. The van der Waals surface area contributed by atoms with Crippen molar-refractivity contribution in [3.8, 4) is 0 Å². The molecule has 18 heavy (non-hydrogen) atoms. The number of carbonyl (C=O) groups is 2. The minimum absolute atomic E-state index is 0.124. The molecule has 0 rings (SSSR count). The summed E-state index contributed by atoms with van der Waals surface area (Å²) >= 11 is 0. The maximum Gasteiger partial charge on any atom is 0.135 e. The maximum absolute atomic E-state index is 11.4. The SMILES string of the molecule is CC(C)CC(=O)CCCOCCCC(=O)C(C)C. The molecule has 0 atom stereocenters. The van der Waals surface area contributed by atoms with Gasteiger partial charge in [-0.15, -0.1) is 0 Å². The molecule has 0 aliphatic heterocycles. The van der Waals surface area contributed by atoms with Crippen molar-refractivity contribution in [2.75, 3.05) is 13.2 Å². The third-order valence-electron chi connectivity index (χ3n) is 2.74. The van der Waals surface area contributed by atoms with Gasteiger partial charge in [-0.1, -0.05) is 27.7 Å². The van der Waals surface area contributed by atoms with E-state index in [4.69, 9.17) is 4.74 Å². The monoisotopic (exact) mass is 256 g/mol. The number of hydrogen-bond acceptors (Lipinski definition) is 3. The third-order valence-corrected chi connectivity index (χ3v) is 2.74. The van der Waals surface area contributed by atoms with Gasteiger partial charge >= 0.3 is 0 Å². The molecule has 0 aromatic rings. The van der Waals surface area contributed by atoms with Gasteiger partial charge in [0.25, 0.3) is 0 Å². The molecule has 0 saturated carbocycles. The second kappa shape index (κ2) is 10.2. The molecule has 0 aliphatic carbocycles. The van der Waals surface area contributed by atoms with Gasteiger partial charge in [-0.25, -0.2) is 0 Å². The molecule has 0 heterocycles. The fraction of sp³-hybridized carbons (Fsp3) is 0.867. The van der Waals surface area contributed by atoms with E-state index in [1.165, 1.54) is 0 Å². The molecule has 0 radical (unpaired) electrons. The van der Waals surface area contributed by atoms with Crippen LogP contribution in [0.2, 0.25) is 0 Å². The average molecular weight is 256 g/mol. The second-order valence-electron chi connectivity index (χ2n) is 5.58. The van der Waals surface area contributed by atoms with Crippen LogP contribution in [0.3, 0.4) is 0 Å². The van der Waals surface area contributed by atoms with Gasteiger partial charge in [-0.3, -0.25) is 9.59 Å². The Morgan fingerprint density at radius 2 is 1.50 bits per heavy atom. The molecule has 0 bridgehead atoms. The predicted molar refractivity (Wildman–Crippen MR) is 73.6 cm³/mol. The van der Waals surface area contributed by atoms with Crippen LogP contribution in [0.25, 0.3) is 0 Å². The topological polar surface area (TPSA) is 43.4 Å². The minimum Gasteiger partial charge on any atom is -0.381 e. The smallest absolute Gasteiger partial charge is 0.135 e. The van der Waals surface area contributed by atoms with Crippen molar-refractivity contribution >= 4 is 11.6 Å². The Labute approximate surface area is 111 Å². The molecule has 0 aliphatic rings. The first kappa shape index (κ1) is 17.3. The van der Waals surface area contributed by atoms with Gasteiger partial charge in [0.05, 0.1) is 0 Å². The quantitative estimate of drug-likeness (QED) is 0.532. The lowest BCUT2D eigenvalue weighted by Crippen LogP contribution is -2.09. The van der Waals surface area contributed by atoms with Gasteiger partial charge in [0, 0.05) is 38.4 Å². The number of hydrogen-bond donors (Lipinski definition) is 0. The Hall–Kier alpha value is -0.700. The number of carbonyl (C=O) groups excluding carboxylic acids is 2. The Bertz CT molecular complexity index is 244. The van der Waals surface area contributed by atoms with Crippen LogP contribution in [-0.2, 0) is 14.3 Å². The highest BCUT2D eigenvalue weighted by molar-refractivity contribution is 5.80. The molecule has 0 spiro atoms. The summed E-state index contributed by atoms with van der Waals surface area (Å²) < 4.78 is 5.41. The van der Waals surface area contributed by atoms with Crippen molar-refractivity contribution in [3.05, 3.63) is 0 Å². The molecule has 106 valence electrons. The van der Waals surface area contributed by atoms with E-state index in [-0.39, 0.29) is 5.92 Å². The zero-order chi connectivity index (χ0) is 14.0. The predicted octanol–water partition coefficient (Wildman–Crippen LogP) is 3.40. The Morgan fingerprint density at radius 1 is 0.944 bits per heavy atom. The number of Topliss-reactive ketones (excluding diaryl/α,β-unsaturated/α-hetero) is 2. The van der Waals surface area contributed by atoms with E-state index in [9.17, 15) is 9.59 Å². The molecule has 0 aromatic heterocycles. The van der Waals surface area contributed by atoms with Crippen molar-refractivity contribution in [3.63, 3.8) is 0 Å². The first-order valence-electron chi connectivity index (χ1n) is 7.05. The van der Waals surface area contributed by atoms with Gasteiger partial charge in [-0.2, -0.15) is 0 Å². The van der Waals surface area contributed by atoms with Crippen LogP contribution >= 0.6 is 0 Å². The second-order valence-corrected chi connectivity index (χ2v) is 5.58. The fourth-order valence-electron chi connectivity index (χ4n) is 1.67. The lowest BCUT2D eigenvalue weighted by atomic mass is 10.0. The van der Waals surface area contributed by atoms with Gasteiger partial charge in [-0.05, 0) is 18.8 Å². The molecule has 0 saturated heterocycles. The molecular weight excluding hydrogens is 228 g/mol. The molecule has 0 fully saturated rings. The third kappa shape index (κ3) is 10.5. The van der Waals surface area contributed by atoms with Crippen molar-refractivity contribution in [2.24, 2.45) is 11.8 Å².